The van der Waals surface area contributed by atoms with Crippen LogP contribution in [0, 0.1) is 0 Å². The van der Waals surface area contributed by atoms with Crippen LogP contribution >= 0.6 is 0 Å². The molecule has 0 spiro atoms. The van der Waals surface area contributed by atoms with Crippen LogP contribution in [0.5, 0.6) is 0 Å². The van der Waals surface area contributed by atoms with Crippen molar-refractivity contribution >= 4 is 0 Å². The lowest BCUT2D eigenvalue weighted by Crippen LogP contribution is -2.30. The Hall–Kier alpha value is -0.120. The highest BCUT2D eigenvalue weighted by atomic mass is 16.5. The van der Waals surface area contributed by atoms with Crippen LogP contribution in [0.1, 0.15) is 47.0 Å². The Bertz CT molecular complexity index is 179. The molecule has 0 rings (SSSR count). The lowest BCUT2D eigenvalue weighted by Gasteiger charge is -2.28. The molecular formula is C13H29NO2. The molecule has 0 bridgehead atoms. The van der Waals surface area contributed by atoms with E-state index in [1.54, 1.807) is 7.11 Å². The number of hydrogen-bond donors (Lipinski definition) is 1. The fourth-order valence-electron chi connectivity index (χ4n) is 1.44. The summed E-state index contributed by atoms with van der Waals surface area (Å²) in [7, 11) is 3.73. The van der Waals surface area contributed by atoms with Gasteiger partial charge in [-0.15, -0.1) is 0 Å². The zero-order chi connectivity index (χ0) is 12.7. The molecule has 0 atom stereocenters. The van der Waals surface area contributed by atoms with Gasteiger partial charge in [-0.25, -0.2) is 0 Å². The summed E-state index contributed by atoms with van der Waals surface area (Å²) >= 11 is 0. The van der Waals surface area contributed by atoms with Crippen LogP contribution in [0.4, 0.5) is 0 Å². The van der Waals surface area contributed by atoms with Crippen LogP contribution in [0.15, 0.2) is 0 Å². The van der Waals surface area contributed by atoms with Crippen molar-refractivity contribution in [2.45, 2.75) is 58.2 Å². The molecule has 0 aromatic rings. The summed E-state index contributed by atoms with van der Waals surface area (Å²) in [4.78, 5) is 0. The molecule has 1 N–H and O–H groups in total. The summed E-state index contributed by atoms with van der Waals surface area (Å²) < 4.78 is 11.3. The molecule has 0 aliphatic rings. The third-order valence-electron chi connectivity index (χ3n) is 2.96. The predicted octanol–water partition coefficient (Wildman–Crippen LogP) is 2.60. The molecule has 0 unspecified atom stereocenters. The van der Waals surface area contributed by atoms with Gasteiger partial charge in [-0.1, -0.05) is 0 Å². The number of ether oxygens (including phenoxy) is 2. The SMILES string of the molecule is CNCCCC(C)(C)OCCC(C)(C)OC. The van der Waals surface area contributed by atoms with E-state index in [9.17, 15) is 0 Å². The van der Waals surface area contributed by atoms with Crippen LogP contribution in [-0.2, 0) is 9.47 Å². The fraction of sp³-hybridized carbons (Fsp3) is 1.00. The van der Waals surface area contributed by atoms with E-state index < -0.39 is 0 Å². The van der Waals surface area contributed by atoms with Crippen molar-refractivity contribution in [3.63, 3.8) is 0 Å². The summed E-state index contributed by atoms with van der Waals surface area (Å²) in [6, 6.07) is 0. The van der Waals surface area contributed by atoms with Crippen molar-refractivity contribution < 1.29 is 9.47 Å². The second-order valence-electron chi connectivity index (χ2n) is 5.53. The third-order valence-corrected chi connectivity index (χ3v) is 2.96. The molecule has 3 heteroatoms. The monoisotopic (exact) mass is 231 g/mol. The minimum Gasteiger partial charge on any atom is -0.379 e. The molecular weight excluding hydrogens is 202 g/mol. The standard InChI is InChI=1S/C13H29NO2/c1-12(2,15-6)9-11-16-13(3,4)8-7-10-14-5/h14H,7-11H2,1-6H3. The van der Waals surface area contributed by atoms with Gasteiger partial charge >= 0.3 is 0 Å². The number of nitrogens with one attached hydrogen (secondary N) is 1. The van der Waals surface area contributed by atoms with E-state index in [-0.39, 0.29) is 11.2 Å². The maximum absolute atomic E-state index is 5.91. The number of hydrogen-bond acceptors (Lipinski definition) is 3. The first kappa shape index (κ1) is 15.9. The van der Waals surface area contributed by atoms with Crippen molar-refractivity contribution in [1.82, 2.24) is 5.32 Å². The first-order chi connectivity index (χ1) is 7.33. The zero-order valence-electron chi connectivity index (χ0n) is 11.9. The lowest BCUT2D eigenvalue weighted by atomic mass is 10.0. The second-order valence-corrected chi connectivity index (χ2v) is 5.53. The molecule has 0 amide bonds. The second kappa shape index (κ2) is 7.25. The van der Waals surface area contributed by atoms with Crippen LogP contribution in [0.2, 0.25) is 0 Å². The Morgan fingerprint density at radius 2 is 1.62 bits per heavy atom. The summed E-state index contributed by atoms with van der Waals surface area (Å²) in [6.07, 6.45) is 3.16. The molecule has 98 valence electrons. The Labute approximate surface area is 101 Å². The molecule has 0 fully saturated rings. The molecule has 0 aromatic carbocycles. The molecule has 0 saturated heterocycles. The Balaban J connectivity index is 3.73. The van der Waals surface area contributed by atoms with Gasteiger partial charge in [0.15, 0.2) is 0 Å². The first-order valence-electron chi connectivity index (χ1n) is 6.17. The van der Waals surface area contributed by atoms with E-state index in [0.29, 0.717) is 0 Å². The quantitative estimate of drug-likeness (QED) is 0.619. The highest BCUT2D eigenvalue weighted by Gasteiger charge is 2.21. The van der Waals surface area contributed by atoms with Crippen molar-refractivity contribution in [3.05, 3.63) is 0 Å². The average Bonchev–Trinajstić information content (AvgIpc) is 2.17. The normalized spacial score (nSPS) is 13.1. The maximum atomic E-state index is 5.91. The van der Waals surface area contributed by atoms with Gasteiger partial charge in [0, 0.05) is 7.11 Å². The zero-order valence-corrected chi connectivity index (χ0v) is 11.9. The van der Waals surface area contributed by atoms with E-state index in [1.165, 1.54) is 0 Å². The number of rotatable bonds is 9. The van der Waals surface area contributed by atoms with Crippen molar-refractivity contribution in [2.75, 3.05) is 27.3 Å². The first-order valence-corrected chi connectivity index (χ1v) is 6.17. The largest absolute Gasteiger partial charge is 0.379 e. The Morgan fingerprint density at radius 3 is 2.12 bits per heavy atom. The molecule has 0 aromatic heterocycles. The van der Waals surface area contributed by atoms with Gasteiger partial charge in [-0.3, -0.25) is 0 Å². The summed E-state index contributed by atoms with van der Waals surface area (Å²) in [6.45, 7) is 10.3. The van der Waals surface area contributed by atoms with Gasteiger partial charge in [-0.2, -0.15) is 0 Å². The van der Waals surface area contributed by atoms with Gasteiger partial charge < -0.3 is 14.8 Å². The summed E-state index contributed by atoms with van der Waals surface area (Å²) in [5.41, 5.74) is -0.109. The third kappa shape index (κ3) is 8.08. The highest BCUT2D eigenvalue weighted by Crippen LogP contribution is 2.19. The highest BCUT2D eigenvalue weighted by molar-refractivity contribution is 4.72. The van der Waals surface area contributed by atoms with Gasteiger partial charge in [0.2, 0.25) is 0 Å². The molecule has 3 nitrogen and oxygen atoms in total. The topological polar surface area (TPSA) is 30.5 Å². The molecule has 16 heavy (non-hydrogen) atoms. The molecule has 0 aliphatic carbocycles. The molecule has 0 saturated carbocycles. The fourth-order valence-corrected chi connectivity index (χ4v) is 1.44. The molecule has 0 aliphatic heterocycles. The minimum atomic E-state index is -0.0823. The average molecular weight is 231 g/mol. The maximum Gasteiger partial charge on any atom is 0.0644 e. The van der Waals surface area contributed by atoms with Crippen LogP contribution in [0.25, 0.3) is 0 Å². The van der Waals surface area contributed by atoms with E-state index in [0.717, 1.165) is 32.4 Å². The van der Waals surface area contributed by atoms with Gasteiger partial charge in [0.25, 0.3) is 0 Å². The lowest BCUT2D eigenvalue weighted by molar-refractivity contribution is -0.0616. The van der Waals surface area contributed by atoms with Gasteiger partial charge in [0.05, 0.1) is 17.8 Å². The van der Waals surface area contributed by atoms with Crippen molar-refractivity contribution in [1.29, 1.82) is 0 Å². The van der Waals surface area contributed by atoms with E-state index in [1.807, 2.05) is 7.05 Å². The van der Waals surface area contributed by atoms with Crippen LogP contribution in [0.3, 0.4) is 0 Å². The van der Waals surface area contributed by atoms with Gasteiger partial charge in [-0.05, 0) is 60.5 Å². The van der Waals surface area contributed by atoms with E-state index >= 15 is 0 Å². The molecule has 0 radical (unpaired) electrons. The van der Waals surface area contributed by atoms with E-state index in [2.05, 4.69) is 33.0 Å². The minimum absolute atomic E-state index is 0.0271. The summed E-state index contributed by atoms with van der Waals surface area (Å²) in [5.74, 6) is 0. The van der Waals surface area contributed by atoms with E-state index in [4.69, 9.17) is 9.47 Å². The Morgan fingerprint density at radius 1 is 1.00 bits per heavy atom. The van der Waals surface area contributed by atoms with Gasteiger partial charge in [0.1, 0.15) is 0 Å². The molecule has 0 heterocycles. The van der Waals surface area contributed by atoms with Crippen molar-refractivity contribution in [2.24, 2.45) is 0 Å². The summed E-state index contributed by atoms with van der Waals surface area (Å²) in [5, 5.41) is 3.15. The Kier molecular flexibility index (Phi) is 7.20. The smallest absolute Gasteiger partial charge is 0.0644 e. The number of methoxy groups -OCH3 is 1. The van der Waals surface area contributed by atoms with Crippen molar-refractivity contribution in [3.8, 4) is 0 Å². The van der Waals surface area contributed by atoms with Crippen LogP contribution < -0.4 is 5.32 Å². The predicted molar refractivity (Wildman–Crippen MR) is 68.9 cm³/mol. The van der Waals surface area contributed by atoms with Crippen LogP contribution in [-0.4, -0.2) is 38.5 Å².